The number of methoxy groups -OCH3 is 2. The fourth-order valence-electron chi connectivity index (χ4n) is 5.70. The van der Waals surface area contributed by atoms with Crippen molar-refractivity contribution in [2.45, 2.75) is 73.6 Å². The molecule has 0 aliphatic rings. The van der Waals surface area contributed by atoms with Crippen LogP contribution in [0, 0.1) is 73.6 Å². The van der Waals surface area contributed by atoms with E-state index in [1.807, 2.05) is 91.2 Å². The molecule has 6 aromatic heterocycles. The molecule has 0 spiro atoms. The summed E-state index contributed by atoms with van der Waals surface area (Å²) in [5.74, 6) is 2.11. The number of anilines is 1. The fourth-order valence-corrected chi connectivity index (χ4v) is 6.30. The number of esters is 2. The van der Waals surface area contributed by atoms with Gasteiger partial charge < -0.3 is 61.7 Å². The topological polar surface area (TPSA) is 186 Å². The van der Waals surface area contributed by atoms with E-state index in [0.717, 1.165) is 101 Å². The molecule has 0 atom stereocenters. The van der Waals surface area contributed by atoms with Gasteiger partial charge in [0.05, 0.1) is 37.2 Å². The third kappa shape index (κ3) is 24.8. The molecule has 3 radical (unpaired) electrons. The van der Waals surface area contributed by atoms with Crippen LogP contribution in [0.5, 0.6) is 0 Å². The number of carbonyl (C=O) groups excluding carboxylic acids is 2. The molecule has 72 heavy (non-hydrogen) atoms. The number of alkyl halides is 1. The SMILES string of the molecule is CNc1[c-]c2cccnc2cc1.COC(=O)CCI.COC(=O)CCc1n[c-]c(C)c(C)n1.Cc1[c-]nc(CCc2nc3c4cccnc4ccc3n2C)nc1C.Cc1[c-]nc(Cl)nc1C.[CH3-].[Na+].[Y].[Y].[Y].[Zn]. The average molecular weight is 1390 g/mol. The summed E-state index contributed by atoms with van der Waals surface area (Å²) in [5, 5.41) is 5.43. The van der Waals surface area contributed by atoms with Crippen molar-refractivity contribution in [3.63, 3.8) is 0 Å². The maximum absolute atomic E-state index is 10.8. The molecule has 8 aromatic rings. The van der Waals surface area contributed by atoms with Crippen LogP contribution in [0.15, 0.2) is 60.9 Å². The summed E-state index contributed by atoms with van der Waals surface area (Å²) in [7, 11) is 6.71. The van der Waals surface area contributed by atoms with Gasteiger partial charge in [-0.1, -0.05) is 112 Å². The van der Waals surface area contributed by atoms with Gasteiger partial charge in [0.25, 0.3) is 0 Å². The van der Waals surface area contributed by atoms with Crippen LogP contribution in [0.3, 0.4) is 0 Å². The number of carbonyl (C=O) groups is 2. The van der Waals surface area contributed by atoms with Gasteiger partial charge in [-0.2, -0.15) is 0 Å². The number of halogens is 2. The molecule has 365 valence electrons. The van der Waals surface area contributed by atoms with E-state index in [2.05, 4.69) is 126 Å². The quantitative estimate of drug-likeness (QED) is 0.0432. The number of hydrogen-bond acceptors (Lipinski definition) is 14. The minimum atomic E-state index is -0.244. The predicted octanol–water partition coefficient (Wildman–Crippen LogP) is 6.17. The minimum Gasteiger partial charge on any atom is -0.469 e. The number of rotatable bonds is 9. The van der Waals surface area contributed by atoms with Crippen LogP contribution in [0.1, 0.15) is 64.1 Å². The molecule has 1 N–H and O–H groups in total. The van der Waals surface area contributed by atoms with Crippen molar-refractivity contribution in [2.24, 2.45) is 7.05 Å². The van der Waals surface area contributed by atoms with Crippen LogP contribution in [-0.4, -0.2) is 87.1 Å². The Morgan fingerprint density at radius 3 is 1.72 bits per heavy atom. The van der Waals surface area contributed by atoms with Gasteiger partial charge in [-0.05, 0) is 42.6 Å². The van der Waals surface area contributed by atoms with E-state index in [1.54, 1.807) is 6.20 Å². The van der Waals surface area contributed by atoms with Crippen LogP contribution in [-0.2, 0) is 163 Å². The summed E-state index contributed by atoms with van der Waals surface area (Å²) in [5.41, 5.74) is 10.7. The van der Waals surface area contributed by atoms with Gasteiger partial charge in [0.2, 0.25) is 0 Å². The summed E-state index contributed by atoms with van der Waals surface area (Å²) in [4.78, 5) is 59.1. The Morgan fingerprint density at radius 2 is 1.21 bits per heavy atom. The van der Waals surface area contributed by atoms with Gasteiger partial charge in [-0.25, -0.2) is 4.98 Å². The molecule has 6 heterocycles. The number of aryl methyl sites for hydroxylation is 10. The number of nitrogens with one attached hydrogen (secondary N) is 1. The number of nitrogens with zero attached hydrogens (tertiary/aromatic N) is 10. The molecule has 0 aliphatic heterocycles. The Balaban J connectivity index is -0.000000866. The first-order valence-corrected chi connectivity index (χ1v) is 22.7. The summed E-state index contributed by atoms with van der Waals surface area (Å²) in [6.07, 6.45) is 15.1. The maximum atomic E-state index is 10.8. The van der Waals surface area contributed by atoms with Gasteiger partial charge in [-0.15, -0.1) is 57.9 Å². The second-order valence-corrected chi connectivity index (χ2v) is 15.9. The van der Waals surface area contributed by atoms with E-state index >= 15 is 0 Å². The third-order valence-electron chi connectivity index (χ3n) is 9.89. The number of aromatic nitrogens is 10. The average Bonchev–Trinajstić information content (AvgIpc) is 3.66. The van der Waals surface area contributed by atoms with E-state index in [1.165, 1.54) is 14.2 Å². The number of benzene rings is 2. The monoisotopic (exact) mass is 1390 g/mol. The predicted molar refractivity (Wildman–Crippen MR) is 272 cm³/mol. The van der Waals surface area contributed by atoms with E-state index < -0.39 is 0 Å². The Bertz CT molecular complexity index is 2890. The minimum absolute atomic E-state index is 0. The molecule has 0 unspecified atom stereocenters. The molecule has 0 amide bonds. The van der Waals surface area contributed by atoms with Crippen molar-refractivity contribution in [2.75, 3.05) is 31.0 Å². The maximum Gasteiger partial charge on any atom is 1.00 e. The molecular formula is C50H56ClIN11NaO4Y3Zn-4. The Morgan fingerprint density at radius 1 is 0.694 bits per heavy atom. The molecule has 22 heteroatoms. The van der Waals surface area contributed by atoms with E-state index in [4.69, 9.17) is 16.6 Å². The van der Waals surface area contributed by atoms with Crippen LogP contribution in [0.4, 0.5) is 5.69 Å². The zero-order valence-electron chi connectivity index (χ0n) is 43.3. The van der Waals surface area contributed by atoms with Gasteiger partial charge in [0.15, 0.2) is 0 Å². The summed E-state index contributed by atoms with van der Waals surface area (Å²) < 4.78 is 11.9. The summed E-state index contributed by atoms with van der Waals surface area (Å²) in [6.45, 7) is 11.5. The summed E-state index contributed by atoms with van der Waals surface area (Å²) in [6, 6.07) is 19.2. The van der Waals surface area contributed by atoms with Crippen molar-refractivity contribution >= 4 is 84.7 Å². The summed E-state index contributed by atoms with van der Waals surface area (Å²) >= 11 is 7.59. The normalized spacial score (nSPS) is 9.44. The van der Waals surface area contributed by atoms with Gasteiger partial charge in [0.1, 0.15) is 11.1 Å². The number of fused-ring (bicyclic) bond motifs is 4. The van der Waals surface area contributed by atoms with E-state index in [0.29, 0.717) is 25.1 Å². The first-order chi connectivity index (χ1) is 31.7. The van der Waals surface area contributed by atoms with Crippen molar-refractivity contribution in [3.8, 4) is 0 Å². The number of imidazole rings is 1. The number of pyridine rings is 2. The Kier molecular flexibility index (Phi) is 41.6. The smallest absolute Gasteiger partial charge is 0.469 e. The molecule has 0 aliphatic carbocycles. The molecule has 0 fully saturated rings. The zero-order chi connectivity index (χ0) is 48.2. The van der Waals surface area contributed by atoms with E-state index in [-0.39, 0.29) is 172 Å². The Labute approximate surface area is 553 Å². The van der Waals surface area contributed by atoms with Gasteiger partial charge in [-0.3, -0.25) is 14.6 Å². The molecule has 0 saturated heterocycles. The van der Waals surface area contributed by atoms with Gasteiger partial charge >= 0.3 is 41.5 Å². The van der Waals surface area contributed by atoms with Crippen LogP contribution < -0.4 is 34.9 Å². The van der Waals surface area contributed by atoms with E-state index in [9.17, 15) is 9.59 Å². The molecule has 15 nitrogen and oxygen atoms in total. The molecular weight excluding hydrogens is 1340 g/mol. The van der Waals surface area contributed by atoms with Gasteiger partial charge in [0, 0.05) is 178 Å². The molecule has 2 aromatic carbocycles. The van der Waals surface area contributed by atoms with Crippen LogP contribution in [0.2, 0.25) is 5.28 Å². The number of hydrogen-bond donors (Lipinski definition) is 1. The Hall–Kier alpha value is -1.33. The third-order valence-corrected chi connectivity index (χ3v) is 10.6. The number of ether oxygens (including phenoxy) is 2. The van der Waals surface area contributed by atoms with Crippen molar-refractivity contribution < 1.29 is 166 Å². The fraction of sp³-hybridized carbons (Fsp3) is 0.320. The van der Waals surface area contributed by atoms with Crippen molar-refractivity contribution in [1.82, 2.24) is 49.4 Å². The zero-order valence-corrected chi connectivity index (χ0v) is 59.7. The van der Waals surface area contributed by atoms with Crippen LogP contribution >= 0.6 is 34.2 Å². The molecule has 0 saturated carbocycles. The first-order valence-electron chi connectivity index (χ1n) is 20.8. The van der Waals surface area contributed by atoms with Crippen molar-refractivity contribution in [1.29, 1.82) is 0 Å². The standard InChI is InChI=1S/C19H18N5.C10H13N2O2.C10H9N2.C6H6ClN2.C4H7IO2.CH3.Na.3Y.Zn/c1-12-11-21-17(22-13(12)2)8-9-18-23-19-14-5-4-10-20-15(14)6-7-16(19)24(18)3;1-7-6-11-9(12-8(7)2)4-5-10(13)14-3;1-11-9-4-5-10-8(7-9)3-2-6-12-10;1-4-3-8-6(7)9-5(4)2;1-7-4(6)2-3-5;;;;;;/h4-7,10H,8-9H2,1-3H3;4-5H2,1-3H3;2-6,11H,1H3;1-2H3;2-3H2,1H3;1H3;;;;;/q4*-1;;-1;+1;;;;. The second kappa shape index (κ2) is 40.0. The van der Waals surface area contributed by atoms with Crippen LogP contribution in [0.25, 0.3) is 32.8 Å². The molecule has 0 bridgehead atoms. The first kappa shape index (κ1) is 74.9. The molecule has 8 rings (SSSR count). The van der Waals surface area contributed by atoms with Crippen molar-refractivity contribution in [3.05, 3.63) is 150 Å². The largest absolute Gasteiger partial charge is 1.00 e. The second-order valence-electron chi connectivity index (χ2n) is 14.5.